The molecule has 0 bridgehead atoms. The average molecular weight is 314 g/mol. The van der Waals surface area contributed by atoms with E-state index in [-0.39, 0.29) is 5.91 Å². The molecule has 120 valence electrons. The predicted octanol–water partition coefficient (Wildman–Crippen LogP) is 0.627. The van der Waals surface area contributed by atoms with Crippen LogP contribution in [0, 0.1) is 6.92 Å². The van der Waals surface area contributed by atoms with Crippen molar-refractivity contribution in [3.8, 4) is 0 Å². The quantitative estimate of drug-likeness (QED) is 0.575. The van der Waals surface area contributed by atoms with Crippen molar-refractivity contribution < 1.29 is 4.79 Å². The van der Waals surface area contributed by atoms with Gasteiger partial charge in [-0.15, -0.1) is 0 Å². The fourth-order valence-electron chi connectivity index (χ4n) is 2.17. The molecule has 3 aromatic heterocycles. The number of aromatic amines is 1. The molecule has 0 saturated carbocycles. The minimum atomic E-state index is -0.159. The predicted molar refractivity (Wildman–Crippen MR) is 85.1 cm³/mol. The Morgan fingerprint density at radius 1 is 1.35 bits per heavy atom. The number of anilines is 1. The van der Waals surface area contributed by atoms with E-state index in [0.29, 0.717) is 24.4 Å². The van der Waals surface area contributed by atoms with Crippen LogP contribution in [0.5, 0.6) is 0 Å². The van der Waals surface area contributed by atoms with E-state index in [2.05, 4.69) is 35.9 Å². The summed E-state index contributed by atoms with van der Waals surface area (Å²) in [4.78, 5) is 20.2. The van der Waals surface area contributed by atoms with Crippen molar-refractivity contribution in [3.63, 3.8) is 0 Å². The number of rotatable bonds is 6. The zero-order valence-electron chi connectivity index (χ0n) is 13.0. The van der Waals surface area contributed by atoms with Crippen LogP contribution in [-0.2, 0) is 7.05 Å². The Morgan fingerprint density at radius 2 is 2.22 bits per heavy atom. The summed E-state index contributed by atoms with van der Waals surface area (Å²) in [6.07, 6.45) is 3.93. The summed E-state index contributed by atoms with van der Waals surface area (Å²) < 4.78 is 1.68. The van der Waals surface area contributed by atoms with Crippen LogP contribution < -0.4 is 10.6 Å². The van der Waals surface area contributed by atoms with Gasteiger partial charge in [0.05, 0.1) is 11.6 Å². The monoisotopic (exact) mass is 314 g/mol. The van der Waals surface area contributed by atoms with Gasteiger partial charge < -0.3 is 10.6 Å². The number of amides is 1. The van der Waals surface area contributed by atoms with E-state index < -0.39 is 0 Å². The number of aryl methyl sites for hydroxylation is 2. The summed E-state index contributed by atoms with van der Waals surface area (Å²) >= 11 is 0. The molecule has 0 aliphatic carbocycles. The number of carbonyl (C=O) groups excluding carboxylic acids is 1. The maximum absolute atomic E-state index is 11.9. The van der Waals surface area contributed by atoms with Crippen LogP contribution in [0.3, 0.4) is 0 Å². The molecule has 0 aromatic carbocycles. The minimum Gasteiger partial charge on any atom is -0.369 e. The third-order valence-corrected chi connectivity index (χ3v) is 3.53. The van der Waals surface area contributed by atoms with Crippen LogP contribution >= 0.6 is 0 Å². The average Bonchev–Trinajstić information content (AvgIpc) is 3.14. The van der Waals surface area contributed by atoms with Gasteiger partial charge in [0, 0.05) is 25.8 Å². The van der Waals surface area contributed by atoms with Crippen LogP contribution in [0.2, 0.25) is 0 Å². The Labute approximate surface area is 132 Å². The highest BCUT2D eigenvalue weighted by Gasteiger charge is 2.10. The third-order valence-electron chi connectivity index (χ3n) is 3.53. The van der Waals surface area contributed by atoms with E-state index in [1.54, 1.807) is 16.9 Å². The lowest BCUT2D eigenvalue weighted by Gasteiger charge is -2.06. The summed E-state index contributed by atoms with van der Waals surface area (Å²) in [5.41, 5.74) is 2.08. The third kappa shape index (κ3) is 3.28. The van der Waals surface area contributed by atoms with Gasteiger partial charge in [-0.1, -0.05) is 0 Å². The molecule has 0 fully saturated rings. The summed E-state index contributed by atoms with van der Waals surface area (Å²) in [6.45, 7) is 3.14. The second-order valence-corrected chi connectivity index (χ2v) is 5.19. The first-order chi connectivity index (χ1) is 11.1. The molecule has 0 aliphatic heterocycles. The lowest BCUT2D eigenvalue weighted by molar-refractivity contribution is 0.0948. The van der Waals surface area contributed by atoms with Crippen molar-refractivity contribution >= 4 is 22.8 Å². The number of hydrogen-bond donors (Lipinski definition) is 3. The van der Waals surface area contributed by atoms with Crippen LogP contribution in [0.1, 0.15) is 22.6 Å². The van der Waals surface area contributed by atoms with Gasteiger partial charge in [0.2, 0.25) is 0 Å². The highest BCUT2D eigenvalue weighted by atomic mass is 16.1. The van der Waals surface area contributed by atoms with Gasteiger partial charge in [0.25, 0.3) is 5.91 Å². The molecule has 3 aromatic rings. The molecule has 0 radical (unpaired) electrons. The van der Waals surface area contributed by atoms with Crippen LogP contribution in [-0.4, -0.2) is 48.9 Å². The van der Waals surface area contributed by atoms with E-state index >= 15 is 0 Å². The fraction of sp³-hybridized carbons (Fsp3) is 0.357. The number of nitrogens with zero attached hydrogens (tertiary/aromatic N) is 5. The summed E-state index contributed by atoms with van der Waals surface area (Å²) in [7, 11) is 1.81. The Bertz CT molecular complexity index is 802. The molecule has 23 heavy (non-hydrogen) atoms. The van der Waals surface area contributed by atoms with Crippen molar-refractivity contribution in [2.24, 2.45) is 7.05 Å². The fourth-order valence-corrected chi connectivity index (χ4v) is 2.17. The lowest BCUT2D eigenvalue weighted by atomic mass is 10.3. The molecule has 3 N–H and O–H groups in total. The van der Waals surface area contributed by atoms with E-state index in [1.165, 1.54) is 6.33 Å². The normalized spacial score (nSPS) is 10.9. The van der Waals surface area contributed by atoms with Crippen molar-refractivity contribution in [2.45, 2.75) is 13.3 Å². The Hall–Kier alpha value is -2.97. The first-order valence-corrected chi connectivity index (χ1v) is 7.32. The van der Waals surface area contributed by atoms with Gasteiger partial charge >= 0.3 is 0 Å². The van der Waals surface area contributed by atoms with Crippen LogP contribution in [0.15, 0.2) is 18.6 Å². The minimum absolute atomic E-state index is 0.159. The van der Waals surface area contributed by atoms with E-state index in [4.69, 9.17) is 0 Å². The van der Waals surface area contributed by atoms with Crippen LogP contribution in [0.4, 0.5) is 5.82 Å². The Balaban J connectivity index is 1.45. The number of H-pyrrole nitrogens is 1. The molecule has 1 amide bonds. The van der Waals surface area contributed by atoms with Gasteiger partial charge in [-0.05, 0) is 19.4 Å². The van der Waals surface area contributed by atoms with E-state index in [9.17, 15) is 4.79 Å². The van der Waals surface area contributed by atoms with Crippen molar-refractivity contribution in [1.29, 1.82) is 0 Å². The second kappa shape index (κ2) is 6.42. The summed E-state index contributed by atoms with van der Waals surface area (Å²) in [5.74, 6) is 0.573. The molecular weight excluding hydrogens is 296 g/mol. The zero-order valence-corrected chi connectivity index (χ0v) is 13.0. The number of fused-ring (bicyclic) bond motifs is 1. The molecule has 0 spiro atoms. The molecule has 9 heteroatoms. The lowest BCUT2D eigenvalue weighted by Crippen LogP contribution is -2.26. The summed E-state index contributed by atoms with van der Waals surface area (Å²) in [6, 6.07) is 1.77. The number of carbonyl (C=O) groups is 1. The maximum atomic E-state index is 11.9. The van der Waals surface area contributed by atoms with E-state index in [0.717, 1.165) is 23.3 Å². The van der Waals surface area contributed by atoms with Gasteiger partial charge in [0.1, 0.15) is 17.8 Å². The van der Waals surface area contributed by atoms with Gasteiger partial charge in [0.15, 0.2) is 5.65 Å². The molecule has 0 saturated heterocycles. The smallest absolute Gasteiger partial charge is 0.271 e. The summed E-state index contributed by atoms with van der Waals surface area (Å²) in [5, 5.41) is 17.8. The second-order valence-electron chi connectivity index (χ2n) is 5.19. The largest absolute Gasteiger partial charge is 0.369 e. The standard InChI is InChI=1S/C14H18N8O/c1-9-6-11(21-22(9)2)14(23)16-5-3-4-15-12-10-7-19-20-13(10)18-8-17-12/h6-8H,3-5H2,1-2H3,(H,16,23)(H2,15,17,18,19,20). The number of hydrogen-bond acceptors (Lipinski definition) is 6. The molecular formula is C14H18N8O. The highest BCUT2D eigenvalue weighted by molar-refractivity contribution is 5.92. The molecule has 0 atom stereocenters. The maximum Gasteiger partial charge on any atom is 0.271 e. The molecule has 0 aliphatic rings. The number of aromatic nitrogens is 6. The van der Waals surface area contributed by atoms with Crippen molar-refractivity contribution in [2.75, 3.05) is 18.4 Å². The van der Waals surface area contributed by atoms with Gasteiger partial charge in [-0.2, -0.15) is 10.2 Å². The molecule has 3 heterocycles. The first-order valence-electron chi connectivity index (χ1n) is 7.32. The SMILES string of the molecule is Cc1cc(C(=O)NCCCNc2ncnc3[nH]ncc23)nn1C. The molecule has 9 nitrogen and oxygen atoms in total. The molecule has 3 rings (SSSR count). The number of nitrogens with one attached hydrogen (secondary N) is 3. The highest BCUT2D eigenvalue weighted by Crippen LogP contribution is 2.15. The Kier molecular flexibility index (Phi) is 4.18. The Morgan fingerprint density at radius 3 is 3.00 bits per heavy atom. The zero-order chi connectivity index (χ0) is 16.2. The van der Waals surface area contributed by atoms with Gasteiger partial charge in [-0.3, -0.25) is 14.6 Å². The van der Waals surface area contributed by atoms with Crippen molar-refractivity contribution in [1.82, 2.24) is 35.3 Å². The van der Waals surface area contributed by atoms with Gasteiger partial charge in [-0.25, -0.2) is 9.97 Å². The molecule has 0 unspecified atom stereocenters. The topological polar surface area (TPSA) is 113 Å². The van der Waals surface area contributed by atoms with Crippen LogP contribution in [0.25, 0.3) is 11.0 Å². The first kappa shape index (κ1) is 14.9. The van der Waals surface area contributed by atoms with E-state index in [1.807, 2.05) is 14.0 Å². The van der Waals surface area contributed by atoms with Crippen molar-refractivity contribution in [3.05, 3.63) is 30.0 Å².